The van der Waals surface area contributed by atoms with Crippen LogP contribution in [0.3, 0.4) is 0 Å². The summed E-state index contributed by atoms with van der Waals surface area (Å²) in [6.45, 7) is 0.649. The molecule has 1 saturated heterocycles. The zero-order valence-electron chi connectivity index (χ0n) is 12.1. The lowest BCUT2D eigenvalue weighted by Crippen LogP contribution is -2.25. The van der Waals surface area contributed by atoms with Gasteiger partial charge in [-0.25, -0.2) is 0 Å². The number of hydrogen-bond donors (Lipinski definition) is 1. The van der Waals surface area contributed by atoms with E-state index < -0.39 is 0 Å². The summed E-state index contributed by atoms with van der Waals surface area (Å²) in [6, 6.07) is 10.3. The van der Waals surface area contributed by atoms with Gasteiger partial charge in [-0.2, -0.15) is 0 Å². The number of aromatic nitrogens is 2. The number of carbonyl (C=O) groups excluding carboxylic acids is 1. The molecule has 2 atom stereocenters. The molecule has 0 radical (unpaired) electrons. The van der Waals surface area contributed by atoms with Gasteiger partial charge in [0.1, 0.15) is 0 Å². The number of benzene rings is 1. The van der Waals surface area contributed by atoms with E-state index in [9.17, 15) is 4.79 Å². The molecular weight excluding hydrogens is 282 g/mol. The van der Waals surface area contributed by atoms with Crippen LogP contribution in [0, 0.1) is 0 Å². The maximum Gasteiger partial charge on any atom is 0.309 e. The standard InChI is InChI=1S/C16H17N3O3/c20-14(17-11-6-7-11)16-19-18-15(22-16)12-8-9-21-13(12)10-4-2-1-3-5-10/h1-5,11-13H,6-9H2,(H,17,20)/t12-,13+/m0/s1. The molecule has 6 heteroatoms. The fraction of sp³-hybridized carbons (Fsp3) is 0.438. The summed E-state index contributed by atoms with van der Waals surface area (Å²) < 4.78 is 11.4. The summed E-state index contributed by atoms with van der Waals surface area (Å²) in [5.74, 6) is 0.238. The largest absolute Gasteiger partial charge is 0.416 e. The fourth-order valence-electron chi connectivity index (χ4n) is 2.76. The molecule has 4 rings (SSSR count). The molecule has 6 nitrogen and oxygen atoms in total. The van der Waals surface area contributed by atoms with Gasteiger partial charge in [-0.3, -0.25) is 4.79 Å². The number of nitrogens with zero attached hydrogens (tertiary/aromatic N) is 2. The van der Waals surface area contributed by atoms with E-state index in [0.717, 1.165) is 24.8 Å². The Morgan fingerprint density at radius 2 is 1.95 bits per heavy atom. The van der Waals surface area contributed by atoms with Crippen LogP contribution >= 0.6 is 0 Å². The maximum absolute atomic E-state index is 11.9. The van der Waals surface area contributed by atoms with Gasteiger partial charge >= 0.3 is 11.8 Å². The lowest BCUT2D eigenvalue weighted by molar-refractivity contribution is 0.0899. The van der Waals surface area contributed by atoms with E-state index in [1.54, 1.807) is 0 Å². The van der Waals surface area contributed by atoms with Crippen molar-refractivity contribution in [1.82, 2.24) is 15.5 Å². The van der Waals surface area contributed by atoms with E-state index in [1.807, 2.05) is 30.3 Å². The molecule has 1 amide bonds. The second kappa shape index (κ2) is 5.53. The summed E-state index contributed by atoms with van der Waals surface area (Å²) in [7, 11) is 0. The van der Waals surface area contributed by atoms with Gasteiger partial charge in [-0.1, -0.05) is 30.3 Å². The molecule has 114 valence electrons. The topological polar surface area (TPSA) is 77.2 Å². The Hall–Kier alpha value is -2.21. The molecule has 0 spiro atoms. The van der Waals surface area contributed by atoms with Crippen LogP contribution in [0.15, 0.2) is 34.7 Å². The van der Waals surface area contributed by atoms with E-state index in [-0.39, 0.29) is 29.9 Å². The highest BCUT2D eigenvalue weighted by atomic mass is 16.5. The molecule has 2 aromatic rings. The maximum atomic E-state index is 11.9. The minimum absolute atomic E-state index is 0.00243. The average molecular weight is 299 g/mol. The van der Waals surface area contributed by atoms with Gasteiger partial charge in [0.15, 0.2) is 0 Å². The van der Waals surface area contributed by atoms with Crippen LogP contribution in [0.2, 0.25) is 0 Å². The van der Waals surface area contributed by atoms with Crippen molar-refractivity contribution in [3.63, 3.8) is 0 Å². The third-order valence-electron chi connectivity index (χ3n) is 4.08. The summed E-state index contributed by atoms with van der Waals surface area (Å²) in [5.41, 5.74) is 1.09. The Balaban J connectivity index is 1.53. The quantitative estimate of drug-likeness (QED) is 0.936. The van der Waals surface area contributed by atoms with Crippen molar-refractivity contribution in [3.05, 3.63) is 47.7 Å². The monoisotopic (exact) mass is 299 g/mol. The summed E-state index contributed by atoms with van der Waals surface area (Å²) >= 11 is 0. The minimum Gasteiger partial charge on any atom is -0.416 e. The van der Waals surface area contributed by atoms with Crippen molar-refractivity contribution in [2.75, 3.05) is 6.61 Å². The molecule has 0 bridgehead atoms. The molecule has 1 aliphatic carbocycles. The van der Waals surface area contributed by atoms with Gasteiger partial charge in [0.05, 0.1) is 12.0 Å². The van der Waals surface area contributed by atoms with Crippen molar-refractivity contribution in [1.29, 1.82) is 0 Å². The van der Waals surface area contributed by atoms with Crippen LogP contribution in [-0.2, 0) is 4.74 Å². The Bertz CT molecular complexity index is 666. The average Bonchev–Trinajstić information content (AvgIpc) is 3.06. The number of hydrogen-bond acceptors (Lipinski definition) is 5. The zero-order valence-corrected chi connectivity index (χ0v) is 12.1. The SMILES string of the molecule is O=C(NC1CC1)c1nnc([C@H]2CCO[C@@H]2c2ccccc2)o1. The Labute approximate surface area is 127 Å². The number of carbonyl (C=O) groups is 1. The Morgan fingerprint density at radius 1 is 1.14 bits per heavy atom. The van der Waals surface area contributed by atoms with Crippen molar-refractivity contribution in [3.8, 4) is 0 Å². The molecular formula is C16H17N3O3. The third-order valence-corrected chi connectivity index (χ3v) is 4.08. The number of amides is 1. The minimum atomic E-state index is -0.281. The molecule has 1 saturated carbocycles. The van der Waals surface area contributed by atoms with Gasteiger partial charge in [-0.05, 0) is 24.8 Å². The first-order chi connectivity index (χ1) is 10.8. The molecule has 2 fully saturated rings. The van der Waals surface area contributed by atoms with Gasteiger partial charge in [0.25, 0.3) is 0 Å². The molecule has 1 aromatic carbocycles. The molecule has 1 aliphatic heterocycles. The summed E-state index contributed by atoms with van der Waals surface area (Å²) in [5, 5.41) is 10.8. The second-order valence-electron chi connectivity index (χ2n) is 5.79. The summed E-state index contributed by atoms with van der Waals surface area (Å²) in [4.78, 5) is 11.9. The fourth-order valence-corrected chi connectivity index (χ4v) is 2.76. The lowest BCUT2D eigenvalue weighted by Gasteiger charge is -2.15. The van der Waals surface area contributed by atoms with Gasteiger partial charge in [0, 0.05) is 12.6 Å². The van der Waals surface area contributed by atoms with Crippen LogP contribution in [0.25, 0.3) is 0 Å². The van der Waals surface area contributed by atoms with E-state index in [2.05, 4.69) is 15.5 Å². The molecule has 0 unspecified atom stereocenters. The predicted molar refractivity (Wildman–Crippen MR) is 77.3 cm³/mol. The lowest BCUT2D eigenvalue weighted by atomic mass is 9.95. The van der Waals surface area contributed by atoms with E-state index in [1.165, 1.54) is 0 Å². The van der Waals surface area contributed by atoms with Crippen LogP contribution in [0.5, 0.6) is 0 Å². The molecule has 1 N–H and O–H groups in total. The van der Waals surface area contributed by atoms with Crippen LogP contribution < -0.4 is 5.32 Å². The van der Waals surface area contributed by atoms with Crippen LogP contribution in [0.4, 0.5) is 0 Å². The van der Waals surface area contributed by atoms with Crippen molar-refractivity contribution in [2.24, 2.45) is 0 Å². The smallest absolute Gasteiger partial charge is 0.309 e. The van der Waals surface area contributed by atoms with E-state index in [4.69, 9.17) is 9.15 Å². The normalized spacial score (nSPS) is 24.4. The van der Waals surface area contributed by atoms with Gasteiger partial charge < -0.3 is 14.5 Å². The number of nitrogens with one attached hydrogen (secondary N) is 1. The van der Waals surface area contributed by atoms with Crippen molar-refractivity contribution >= 4 is 5.91 Å². The molecule has 2 aliphatic rings. The van der Waals surface area contributed by atoms with Crippen LogP contribution in [-0.4, -0.2) is 28.8 Å². The molecule has 22 heavy (non-hydrogen) atoms. The van der Waals surface area contributed by atoms with E-state index >= 15 is 0 Å². The predicted octanol–water partition coefficient (Wildman–Crippen LogP) is 2.21. The first-order valence-corrected chi connectivity index (χ1v) is 7.62. The van der Waals surface area contributed by atoms with E-state index in [0.29, 0.717) is 12.5 Å². The zero-order chi connectivity index (χ0) is 14.9. The second-order valence-corrected chi connectivity index (χ2v) is 5.79. The highest BCUT2D eigenvalue weighted by Gasteiger charge is 2.35. The summed E-state index contributed by atoms with van der Waals surface area (Å²) in [6.07, 6.45) is 2.77. The Kier molecular flexibility index (Phi) is 3.38. The molecule has 2 heterocycles. The van der Waals surface area contributed by atoms with Gasteiger partial charge in [0.2, 0.25) is 5.89 Å². The highest BCUT2D eigenvalue weighted by molar-refractivity contribution is 5.89. The third kappa shape index (κ3) is 2.62. The van der Waals surface area contributed by atoms with Crippen molar-refractivity contribution < 1.29 is 13.9 Å². The van der Waals surface area contributed by atoms with Crippen LogP contribution in [0.1, 0.15) is 53.4 Å². The highest BCUT2D eigenvalue weighted by Crippen LogP contribution is 2.40. The first kappa shape index (κ1) is 13.5. The van der Waals surface area contributed by atoms with Gasteiger partial charge in [-0.15, -0.1) is 10.2 Å². The molecule has 1 aromatic heterocycles. The Morgan fingerprint density at radius 3 is 2.73 bits per heavy atom. The number of ether oxygens (including phenoxy) is 1. The van der Waals surface area contributed by atoms with Crippen molar-refractivity contribution in [2.45, 2.75) is 37.3 Å². The number of rotatable bonds is 4. The first-order valence-electron chi connectivity index (χ1n) is 7.62.